The van der Waals surface area contributed by atoms with Crippen LogP contribution < -0.4 is 10.2 Å². The Labute approximate surface area is 156 Å². The molecule has 0 unspecified atom stereocenters. The van der Waals surface area contributed by atoms with E-state index in [2.05, 4.69) is 5.32 Å². The Balaban J connectivity index is 1.48. The summed E-state index contributed by atoms with van der Waals surface area (Å²) in [6.45, 7) is 0. The standard InChI is InChI=1S/C22H16N2O3/c25-20(23-16-6-2-1-3-7-16)14-15-10-12-17(13-11-15)24-21(26)18-8-4-5-9-19(18)22(24)27/h1-13H,14H2,(H,23,25). The highest BCUT2D eigenvalue weighted by Crippen LogP contribution is 2.28. The lowest BCUT2D eigenvalue weighted by Crippen LogP contribution is -2.29. The first-order chi connectivity index (χ1) is 13.1. The van der Waals surface area contributed by atoms with Crippen LogP contribution in [0.4, 0.5) is 11.4 Å². The van der Waals surface area contributed by atoms with Crippen molar-refractivity contribution in [3.63, 3.8) is 0 Å². The molecule has 0 aliphatic carbocycles. The summed E-state index contributed by atoms with van der Waals surface area (Å²) in [5.74, 6) is -0.787. The average molecular weight is 356 g/mol. The quantitative estimate of drug-likeness (QED) is 0.726. The van der Waals surface area contributed by atoms with Gasteiger partial charge in [0, 0.05) is 5.69 Å². The molecule has 27 heavy (non-hydrogen) atoms. The highest BCUT2D eigenvalue weighted by Gasteiger charge is 2.36. The van der Waals surface area contributed by atoms with Crippen LogP contribution in [0.5, 0.6) is 0 Å². The summed E-state index contributed by atoms with van der Waals surface area (Å²) in [5.41, 5.74) is 2.85. The number of hydrogen-bond donors (Lipinski definition) is 1. The van der Waals surface area contributed by atoms with Crippen molar-refractivity contribution < 1.29 is 14.4 Å². The fourth-order valence-corrected chi connectivity index (χ4v) is 3.10. The molecule has 1 aliphatic heterocycles. The minimum atomic E-state index is -0.329. The van der Waals surface area contributed by atoms with Crippen molar-refractivity contribution in [1.29, 1.82) is 0 Å². The molecule has 3 amide bonds. The number of nitrogens with zero attached hydrogens (tertiary/aromatic N) is 1. The van der Waals surface area contributed by atoms with Crippen LogP contribution in [0.15, 0.2) is 78.9 Å². The van der Waals surface area contributed by atoms with E-state index in [9.17, 15) is 14.4 Å². The third-order valence-electron chi connectivity index (χ3n) is 4.41. The molecular weight excluding hydrogens is 340 g/mol. The number of amides is 3. The number of imide groups is 1. The maximum absolute atomic E-state index is 12.5. The van der Waals surface area contributed by atoms with E-state index in [0.717, 1.165) is 11.3 Å². The number of benzene rings is 3. The van der Waals surface area contributed by atoms with Gasteiger partial charge in [-0.25, -0.2) is 4.90 Å². The number of para-hydroxylation sites is 1. The zero-order valence-corrected chi connectivity index (χ0v) is 14.4. The Kier molecular flexibility index (Phi) is 4.26. The van der Waals surface area contributed by atoms with Crippen LogP contribution in [0, 0.1) is 0 Å². The number of nitrogens with one attached hydrogen (secondary N) is 1. The molecule has 3 aromatic carbocycles. The van der Waals surface area contributed by atoms with E-state index in [4.69, 9.17) is 0 Å². The van der Waals surface area contributed by atoms with Crippen molar-refractivity contribution in [1.82, 2.24) is 0 Å². The van der Waals surface area contributed by atoms with Crippen LogP contribution >= 0.6 is 0 Å². The van der Waals surface area contributed by atoms with Gasteiger partial charge in [0.15, 0.2) is 0 Å². The second-order valence-corrected chi connectivity index (χ2v) is 6.25. The number of carbonyl (C=O) groups is 3. The molecule has 3 aromatic rings. The van der Waals surface area contributed by atoms with Crippen molar-refractivity contribution in [2.24, 2.45) is 0 Å². The van der Waals surface area contributed by atoms with E-state index in [1.54, 1.807) is 48.5 Å². The largest absolute Gasteiger partial charge is 0.326 e. The van der Waals surface area contributed by atoms with Crippen LogP contribution in [-0.4, -0.2) is 17.7 Å². The van der Waals surface area contributed by atoms with Gasteiger partial charge in [-0.1, -0.05) is 42.5 Å². The summed E-state index contributed by atoms with van der Waals surface area (Å²) in [4.78, 5) is 38.3. The number of anilines is 2. The Bertz CT molecular complexity index is 992. The first-order valence-corrected chi connectivity index (χ1v) is 8.55. The molecule has 0 bridgehead atoms. The number of hydrogen-bond acceptors (Lipinski definition) is 3. The molecule has 5 heteroatoms. The minimum Gasteiger partial charge on any atom is -0.326 e. The first-order valence-electron chi connectivity index (χ1n) is 8.55. The molecule has 132 valence electrons. The van der Waals surface area contributed by atoms with Crippen LogP contribution in [-0.2, 0) is 11.2 Å². The predicted molar refractivity (Wildman–Crippen MR) is 103 cm³/mol. The molecule has 0 saturated carbocycles. The van der Waals surface area contributed by atoms with Crippen LogP contribution in [0.3, 0.4) is 0 Å². The maximum Gasteiger partial charge on any atom is 0.266 e. The molecule has 0 atom stereocenters. The van der Waals surface area contributed by atoms with Crippen molar-refractivity contribution in [3.05, 3.63) is 95.6 Å². The van der Waals surface area contributed by atoms with Gasteiger partial charge in [0.1, 0.15) is 0 Å². The molecule has 1 heterocycles. The van der Waals surface area contributed by atoms with E-state index < -0.39 is 0 Å². The minimum absolute atomic E-state index is 0.130. The van der Waals surface area contributed by atoms with Crippen molar-refractivity contribution in [3.8, 4) is 0 Å². The van der Waals surface area contributed by atoms with Gasteiger partial charge in [0.2, 0.25) is 5.91 Å². The molecule has 0 fully saturated rings. The predicted octanol–water partition coefficient (Wildman–Crippen LogP) is 3.67. The lowest BCUT2D eigenvalue weighted by Gasteiger charge is -2.14. The molecule has 0 radical (unpaired) electrons. The topological polar surface area (TPSA) is 66.5 Å². The van der Waals surface area contributed by atoms with E-state index in [1.807, 2.05) is 30.3 Å². The zero-order valence-electron chi connectivity index (χ0n) is 14.4. The Morgan fingerprint density at radius 3 is 1.89 bits per heavy atom. The number of rotatable bonds is 4. The molecule has 1 aliphatic rings. The normalized spacial score (nSPS) is 12.8. The third kappa shape index (κ3) is 3.22. The molecule has 4 rings (SSSR count). The third-order valence-corrected chi connectivity index (χ3v) is 4.41. The summed E-state index contributed by atoms with van der Waals surface area (Å²) in [7, 11) is 0. The van der Waals surface area contributed by atoms with Crippen molar-refractivity contribution in [2.45, 2.75) is 6.42 Å². The van der Waals surface area contributed by atoms with Crippen molar-refractivity contribution in [2.75, 3.05) is 10.2 Å². The second-order valence-electron chi connectivity index (χ2n) is 6.25. The van der Waals surface area contributed by atoms with Crippen LogP contribution in [0.1, 0.15) is 26.3 Å². The van der Waals surface area contributed by atoms with E-state index in [1.165, 1.54) is 4.90 Å². The fraction of sp³-hybridized carbons (Fsp3) is 0.0455. The monoisotopic (exact) mass is 356 g/mol. The van der Waals surface area contributed by atoms with Gasteiger partial charge in [-0.3, -0.25) is 14.4 Å². The first kappa shape index (κ1) is 16.7. The Morgan fingerprint density at radius 2 is 1.30 bits per heavy atom. The highest BCUT2D eigenvalue weighted by molar-refractivity contribution is 6.34. The van der Waals surface area contributed by atoms with Gasteiger partial charge in [-0.05, 0) is 42.0 Å². The summed E-state index contributed by atoms with van der Waals surface area (Å²) in [5, 5.41) is 2.83. The van der Waals surface area contributed by atoms with E-state index in [-0.39, 0.29) is 24.1 Å². The highest BCUT2D eigenvalue weighted by atomic mass is 16.2. The van der Waals surface area contributed by atoms with Crippen LogP contribution in [0.25, 0.3) is 0 Å². The summed E-state index contributed by atoms with van der Waals surface area (Å²) in [6, 6.07) is 22.9. The van der Waals surface area contributed by atoms with Gasteiger partial charge in [-0.2, -0.15) is 0 Å². The lowest BCUT2D eigenvalue weighted by atomic mass is 10.1. The SMILES string of the molecule is O=C(Cc1ccc(N2C(=O)c3ccccc3C2=O)cc1)Nc1ccccc1. The molecule has 5 nitrogen and oxygen atoms in total. The zero-order chi connectivity index (χ0) is 18.8. The molecule has 1 N–H and O–H groups in total. The second kappa shape index (κ2) is 6.88. The number of fused-ring (bicyclic) bond motifs is 1. The van der Waals surface area contributed by atoms with Crippen LogP contribution in [0.2, 0.25) is 0 Å². The summed E-state index contributed by atoms with van der Waals surface area (Å²) in [6.07, 6.45) is 0.206. The molecule has 0 saturated heterocycles. The van der Waals surface area contributed by atoms with Gasteiger partial charge >= 0.3 is 0 Å². The van der Waals surface area contributed by atoms with E-state index in [0.29, 0.717) is 16.8 Å². The van der Waals surface area contributed by atoms with Gasteiger partial charge < -0.3 is 5.32 Å². The van der Waals surface area contributed by atoms with Gasteiger partial charge in [0.05, 0.1) is 23.2 Å². The molecule has 0 aromatic heterocycles. The fourth-order valence-electron chi connectivity index (χ4n) is 3.10. The van der Waals surface area contributed by atoms with Crippen molar-refractivity contribution >= 4 is 29.1 Å². The lowest BCUT2D eigenvalue weighted by molar-refractivity contribution is -0.115. The smallest absolute Gasteiger partial charge is 0.266 e. The van der Waals surface area contributed by atoms with Gasteiger partial charge in [-0.15, -0.1) is 0 Å². The molecule has 0 spiro atoms. The average Bonchev–Trinajstić information content (AvgIpc) is 2.94. The van der Waals surface area contributed by atoms with Gasteiger partial charge in [0.25, 0.3) is 11.8 Å². The Morgan fingerprint density at radius 1 is 0.741 bits per heavy atom. The summed E-state index contributed by atoms with van der Waals surface area (Å²) < 4.78 is 0. The maximum atomic E-state index is 12.5. The van der Waals surface area contributed by atoms with E-state index >= 15 is 0 Å². The summed E-state index contributed by atoms with van der Waals surface area (Å²) >= 11 is 0. The number of carbonyl (C=O) groups excluding carboxylic acids is 3. The molecular formula is C22H16N2O3. The Hall–Kier alpha value is -3.73.